The Balaban J connectivity index is 1.60. The lowest BCUT2D eigenvalue weighted by molar-refractivity contribution is 0.0467. The normalized spacial score (nSPS) is 10.8. The van der Waals surface area contributed by atoms with Crippen LogP contribution in [0.3, 0.4) is 0 Å². The summed E-state index contributed by atoms with van der Waals surface area (Å²) in [6, 6.07) is 18.1. The molecule has 0 aliphatic heterocycles. The summed E-state index contributed by atoms with van der Waals surface area (Å²) in [6.45, 7) is -0.357. The minimum Gasteiger partial charge on any atom is -0.453 e. The number of hydrogen-bond acceptors (Lipinski definition) is 6. The lowest BCUT2D eigenvalue weighted by Crippen LogP contribution is -2.16. The second-order valence-electron chi connectivity index (χ2n) is 5.74. The van der Waals surface area contributed by atoms with Crippen LogP contribution in [0, 0.1) is 0 Å². The zero-order valence-electron chi connectivity index (χ0n) is 14.4. The van der Waals surface area contributed by atoms with E-state index in [0.717, 1.165) is 21.9 Å². The average molecular weight is 429 g/mol. The summed E-state index contributed by atoms with van der Waals surface area (Å²) in [5.41, 5.74) is 1.66. The Labute approximate surface area is 173 Å². The molecule has 0 N–H and O–H groups in total. The van der Waals surface area contributed by atoms with Gasteiger partial charge in [-0.15, -0.1) is 22.7 Å². The Kier molecular flexibility index (Phi) is 5.38. The molecule has 0 aliphatic rings. The molecule has 28 heavy (non-hydrogen) atoms. The van der Waals surface area contributed by atoms with Crippen molar-refractivity contribution in [1.29, 1.82) is 0 Å². The van der Waals surface area contributed by atoms with E-state index in [1.807, 2.05) is 47.8 Å². The molecule has 0 aliphatic carbocycles. The predicted molar refractivity (Wildman–Crippen MR) is 111 cm³/mol. The number of thiophene rings is 2. The van der Waals surface area contributed by atoms with Crippen LogP contribution in [0.5, 0.6) is 0 Å². The van der Waals surface area contributed by atoms with E-state index in [2.05, 4.69) is 5.10 Å². The zero-order valence-corrected chi connectivity index (χ0v) is 16.8. The highest BCUT2D eigenvalue weighted by molar-refractivity contribution is 7.18. The fourth-order valence-electron chi connectivity index (χ4n) is 2.58. The Morgan fingerprint density at radius 2 is 1.89 bits per heavy atom. The number of rotatable bonds is 6. The molecule has 0 amide bonds. The third kappa shape index (κ3) is 3.91. The van der Waals surface area contributed by atoms with Crippen LogP contribution in [-0.2, 0) is 4.74 Å². The molecular formula is C20H13ClN2O3S2. The van der Waals surface area contributed by atoms with Crippen molar-refractivity contribution in [2.24, 2.45) is 0 Å². The number of carbonyl (C=O) groups excluding carboxylic acids is 2. The van der Waals surface area contributed by atoms with Crippen LogP contribution in [-0.4, -0.2) is 28.1 Å². The van der Waals surface area contributed by atoms with E-state index >= 15 is 0 Å². The summed E-state index contributed by atoms with van der Waals surface area (Å²) in [4.78, 5) is 26.3. The third-order valence-electron chi connectivity index (χ3n) is 3.88. The van der Waals surface area contributed by atoms with Crippen molar-refractivity contribution in [1.82, 2.24) is 9.78 Å². The lowest BCUT2D eigenvalue weighted by Gasteiger charge is -2.07. The van der Waals surface area contributed by atoms with Gasteiger partial charge in [0.15, 0.2) is 12.3 Å². The number of benzene rings is 1. The number of carbonyl (C=O) groups is 2. The first-order chi connectivity index (χ1) is 13.6. The molecule has 0 unspecified atom stereocenters. The molecule has 0 saturated heterocycles. The molecule has 4 aromatic rings. The maximum Gasteiger partial charge on any atom is 0.357 e. The molecule has 0 fully saturated rings. The predicted octanol–water partition coefficient (Wildman–Crippen LogP) is 5.36. The number of esters is 1. The standard InChI is InChI=1S/C20H13ClN2O3S2/c21-19-9-8-18(28-19)16(24)12-26-20(25)15-11-14(17-7-4-10-27-17)22-23(15)13-5-2-1-3-6-13/h1-11H,12H2. The highest BCUT2D eigenvalue weighted by Gasteiger charge is 2.21. The minimum absolute atomic E-state index is 0.256. The number of aromatic nitrogens is 2. The number of ketones is 1. The molecule has 0 bridgehead atoms. The average Bonchev–Trinajstić information content (AvgIpc) is 3.46. The number of para-hydroxylation sites is 1. The molecule has 5 nitrogen and oxygen atoms in total. The number of halogens is 1. The van der Waals surface area contributed by atoms with Gasteiger partial charge in [0.2, 0.25) is 5.78 Å². The second kappa shape index (κ2) is 8.10. The first kappa shape index (κ1) is 18.6. The van der Waals surface area contributed by atoms with Crippen LogP contribution in [0.2, 0.25) is 4.34 Å². The first-order valence-electron chi connectivity index (χ1n) is 8.27. The van der Waals surface area contributed by atoms with Crippen molar-refractivity contribution < 1.29 is 14.3 Å². The Bertz CT molecular complexity index is 1120. The summed E-state index contributed by atoms with van der Waals surface area (Å²) in [7, 11) is 0. The fraction of sp³-hybridized carbons (Fsp3) is 0.0500. The molecule has 4 rings (SSSR count). The number of ether oxygens (including phenoxy) is 1. The summed E-state index contributed by atoms with van der Waals surface area (Å²) in [5.74, 6) is -0.912. The van der Waals surface area contributed by atoms with E-state index in [0.29, 0.717) is 14.9 Å². The van der Waals surface area contributed by atoms with Gasteiger partial charge in [0.25, 0.3) is 0 Å². The molecule has 140 valence electrons. The minimum atomic E-state index is -0.616. The van der Waals surface area contributed by atoms with Gasteiger partial charge >= 0.3 is 5.97 Å². The summed E-state index contributed by atoms with van der Waals surface area (Å²) < 4.78 is 7.31. The molecule has 0 radical (unpaired) electrons. The van der Waals surface area contributed by atoms with Crippen molar-refractivity contribution in [2.45, 2.75) is 0 Å². The fourth-order valence-corrected chi connectivity index (χ4v) is 4.23. The van der Waals surface area contributed by atoms with Gasteiger partial charge in [-0.3, -0.25) is 4.79 Å². The van der Waals surface area contributed by atoms with Gasteiger partial charge in [0.05, 0.1) is 19.8 Å². The molecule has 8 heteroatoms. The van der Waals surface area contributed by atoms with E-state index in [-0.39, 0.29) is 18.1 Å². The molecule has 0 saturated carbocycles. The maximum absolute atomic E-state index is 12.7. The largest absolute Gasteiger partial charge is 0.453 e. The monoisotopic (exact) mass is 428 g/mol. The Hall–Kier alpha value is -2.74. The van der Waals surface area contributed by atoms with Crippen molar-refractivity contribution >= 4 is 46.0 Å². The Morgan fingerprint density at radius 1 is 1.07 bits per heavy atom. The van der Waals surface area contributed by atoms with Crippen LogP contribution >= 0.6 is 34.3 Å². The van der Waals surface area contributed by atoms with Gasteiger partial charge < -0.3 is 4.74 Å². The van der Waals surface area contributed by atoms with Crippen molar-refractivity contribution in [2.75, 3.05) is 6.61 Å². The van der Waals surface area contributed by atoms with E-state index in [4.69, 9.17) is 16.3 Å². The van der Waals surface area contributed by atoms with Gasteiger partial charge in [-0.1, -0.05) is 35.9 Å². The SMILES string of the molecule is O=C(COC(=O)c1cc(-c2cccs2)nn1-c1ccccc1)c1ccc(Cl)s1. The highest BCUT2D eigenvalue weighted by atomic mass is 35.5. The van der Waals surface area contributed by atoms with Gasteiger partial charge in [0.1, 0.15) is 5.69 Å². The summed E-state index contributed by atoms with van der Waals surface area (Å²) >= 11 is 8.53. The van der Waals surface area contributed by atoms with Crippen LogP contribution in [0.1, 0.15) is 20.2 Å². The van der Waals surface area contributed by atoms with Gasteiger partial charge in [-0.2, -0.15) is 5.10 Å². The molecule has 3 heterocycles. The topological polar surface area (TPSA) is 61.2 Å². The maximum atomic E-state index is 12.7. The number of Topliss-reactive ketones (excluding diaryl/α,β-unsaturated/α-hetero) is 1. The van der Waals surface area contributed by atoms with Crippen molar-refractivity contribution in [3.63, 3.8) is 0 Å². The highest BCUT2D eigenvalue weighted by Crippen LogP contribution is 2.26. The van der Waals surface area contributed by atoms with E-state index < -0.39 is 5.97 Å². The molecule has 0 atom stereocenters. The van der Waals surface area contributed by atoms with Crippen LogP contribution < -0.4 is 0 Å². The van der Waals surface area contributed by atoms with Crippen molar-refractivity contribution in [3.8, 4) is 16.3 Å². The first-order valence-corrected chi connectivity index (χ1v) is 10.3. The quantitative estimate of drug-likeness (QED) is 0.306. The van der Waals surface area contributed by atoms with Crippen LogP contribution in [0.15, 0.2) is 66.0 Å². The molecular weight excluding hydrogens is 416 g/mol. The van der Waals surface area contributed by atoms with E-state index in [9.17, 15) is 9.59 Å². The lowest BCUT2D eigenvalue weighted by atomic mass is 10.3. The van der Waals surface area contributed by atoms with Crippen LogP contribution in [0.25, 0.3) is 16.3 Å². The molecule has 3 aromatic heterocycles. The van der Waals surface area contributed by atoms with Crippen molar-refractivity contribution in [3.05, 3.63) is 81.0 Å². The second-order valence-corrected chi connectivity index (χ2v) is 8.41. The third-order valence-corrected chi connectivity index (χ3v) is 6.04. The smallest absolute Gasteiger partial charge is 0.357 e. The van der Waals surface area contributed by atoms with Gasteiger partial charge in [0, 0.05) is 6.07 Å². The molecule has 1 aromatic carbocycles. The Morgan fingerprint density at radius 3 is 2.57 bits per heavy atom. The summed E-state index contributed by atoms with van der Waals surface area (Å²) in [5, 5.41) is 6.50. The summed E-state index contributed by atoms with van der Waals surface area (Å²) in [6.07, 6.45) is 0. The zero-order chi connectivity index (χ0) is 19.5. The molecule has 0 spiro atoms. The van der Waals surface area contributed by atoms with E-state index in [1.165, 1.54) is 16.0 Å². The van der Waals surface area contributed by atoms with Gasteiger partial charge in [-0.25, -0.2) is 9.48 Å². The van der Waals surface area contributed by atoms with Crippen LogP contribution in [0.4, 0.5) is 0 Å². The van der Waals surface area contributed by atoms with Gasteiger partial charge in [-0.05, 0) is 35.7 Å². The van der Waals surface area contributed by atoms with E-state index in [1.54, 1.807) is 18.2 Å². The number of nitrogens with zero attached hydrogens (tertiary/aromatic N) is 2. The number of hydrogen-bond donors (Lipinski definition) is 0.